The largest absolute Gasteiger partial charge is 0.385 e. The van der Waals surface area contributed by atoms with Crippen molar-refractivity contribution in [2.24, 2.45) is 0 Å². The molecule has 0 aliphatic carbocycles. The van der Waals surface area contributed by atoms with Crippen LogP contribution in [0.1, 0.15) is 34.5 Å². The van der Waals surface area contributed by atoms with E-state index >= 15 is 0 Å². The van der Waals surface area contributed by atoms with Gasteiger partial charge in [-0.15, -0.1) is 0 Å². The van der Waals surface area contributed by atoms with Crippen LogP contribution in [0.5, 0.6) is 0 Å². The zero-order chi connectivity index (χ0) is 20.1. The van der Waals surface area contributed by atoms with Crippen molar-refractivity contribution in [1.82, 2.24) is 24.5 Å². The molecule has 0 spiro atoms. The van der Waals surface area contributed by atoms with Gasteiger partial charge in [-0.25, -0.2) is 4.98 Å². The summed E-state index contributed by atoms with van der Waals surface area (Å²) in [6.07, 6.45) is 2.42. The molecular formula is C19H25N5O4. The summed E-state index contributed by atoms with van der Waals surface area (Å²) in [5, 5.41) is 2.81. The summed E-state index contributed by atoms with van der Waals surface area (Å²) < 4.78 is 6.62. The van der Waals surface area contributed by atoms with Crippen molar-refractivity contribution < 1.29 is 19.1 Å². The third-order valence-electron chi connectivity index (χ3n) is 4.78. The fourth-order valence-corrected chi connectivity index (χ4v) is 3.22. The van der Waals surface area contributed by atoms with Crippen molar-refractivity contribution in [3.8, 4) is 0 Å². The first kappa shape index (κ1) is 19.8. The number of nitrogens with one attached hydrogen (secondary N) is 1. The number of amides is 3. The Bertz CT molecular complexity index is 870. The number of hydrogen-bond donors (Lipinski definition) is 1. The molecule has 0 unspecified atom stereocenters. The smallest absolute Gasteiger partial charge is 0.290 e. The predicted octanol–water partition coefficient (Wildman–Crippen LogP) is 0.405. The molecule has 3 amide bonds. The van der Waals surface area contributed by atoms with Gasteiger partial charge in [0.05, 0.1) is 5.52 Å². The quantitative estimate of drug-likeness (QED) is 0.724. The minimum atomic E-state index is -0.319. The van der Waals surface area contributed by atoms with E-state index in [2.05, 4.69) is 10.3 Å². The van der Waals surface area contributed by atoms with E-state index in [4.69, 9.17) is 4.74 Å². The molecule has 1 saturated heterocycles. The van der Waals surface area contributed by atoms with Crippen LogP contribution in [0.25, 0.3) is 5.52 Å². The van der Waals surface area contributed by atoms with E-state index in [-0.39, 0.29) is 29.2 Å². The third-order valence-corrected chi connectivity index (χ3v) is 4.78. The maximum absolute atomic E-state index is 13.0. The molecule has 0 atom stereocenters. The van der Waals surface area contributed by atoms with E-state index in [9.17, 15) is 14.4 Å². The highest BCUT2D eigenvalue weighted by Crippen LogP contribution is 2.16. The number of ether oxygens (including phenoxy) is 1. The summed E-state index contributed by atoms with van der Waals surface area (Å²) in [7, 11) is 1.61. The van der Waals surface area contributed by atoms with E-state index in [0.29, 0.717) is 51.3 Å². The normalized spacial score (nSPS) is 14.4. The average Bonchev–Trinajstić information content (AvgIpc) is 3.10. The Morgan fingerprint density at radius 3 is 2.54 bits per heavy atom. The van der Waals surface area contributed by atoms with Crippen molar-refractivity contribution in [3.05, 3.63) is 35.9 Å². The van der Waals surface area contributed by atoms with E-state index in [1.807, 2.05) is 0 Å². The molecule has 1 N–H and O–H groups in total. The van der Waals surface area contributed by atoms with Crippen LogP contribution in [-0.4, -0.2) is 83.3 Å². The molecule has 9 nitrogen and oxygen atoms in total. The van der Waals surface area contributed by atoms with Gasteiger partial charge >= 0.3 is 0 Å². The Labute approximate surface area is 163 Å². The summed E-state index contributed by atoms with van der Waals surface area (Å²) in [5.74, 6) is -0.359. The van der Waals surface area contributed by atoms with Gasteiger partial charge in [0.2, 0.25) is 11.7 Å². The number of fused-ring (bicyclic) bond motifs is 1. The van der Waals surface area contributed by atoms with Crippen molar-refractivity contribution in [3.63, 3.8) is 0 Å². The van der Waals surface area contributed by atoms with Crippen LogP contribution in [0.2, 0.25) is 0 Å². The summed E-state index contributed by atoms with van der Waals surface area (Å²) in [6, 6.07) is 5.36. The zero-order valence-electron chi connectivity index (χ0n) is 16.2. The molecule has 28 heavy (non-hydrogen) atoms. The molecule has 3 heterocycles. The fourth-order valence-electron chi connectivity index (χ4n) is 3.22. The lowest BCUT2D eigenvalue weighted by Gasteiger charge is -2.33. The predicted molar refractivity (Wildman–Crippen MR) is 102 cm³/mol. The molecule has 1 aliphatic rings. The molecule has 0 bridgehead atoms. The number of carbonyl (C=O) groups is 3. The Morgan fingerprint density at radius 1 is 1.14 bits per heavy atom. The van der Waals surface area contributed by atoms with Crippen molar-refractivity contribution in [2.45, 2.75) is 13.3 Å². The number of imidazole rings is 1. The SMILES string of the molecule is COCCCNC(=O)c1nc(C(=O)N2CCN(C(C)=O)CC2)n2ccccc12. The van der Waals surface area contributed by atoms with Crippen LogP contribution in [0.3, 0.4) is 0 Å². The lowest BCUT2D eigenvalue weighted by Crippen LogP contribution is -2.50. The van der Waals surface area contributed by atoms with Crippen LogP contribution in [0, 0.1) is 0 Å². The maximum Gasteiger partial charge on any atom is 0.290 e. The first-order valence-corrected chi connectivity index (χ1v) is 9.32. The number of hydrogen-bond acceptors (Lipinski definition) is 5. The molecule has 0 saturated carbocycles. The van der Waals surface area contributed by atoms with Crippen LogP contribution in [0.15, 0.2) is 24.4 Å². The molecule has 3 rings (SSSR count). The van der Waals surface area contributed by atoms with Crippen molar-refractivity contribution in [2.75, 3.05) is 46.4 Å². The minimum absolute atomic E-state index is 0.00536. The molecule has 1 fully saturated rings. The van der Waals surface area contributed by atoms with Crippen LogP contribution < -0.4 is 5.32 Å². The van der Waals surface area contributed by atoms with Gasteiger partial charge in [0, 0.05) is 59.6 Å². The summed E-state index contributed by atoms with van der Waals surface area (Å²) in [5.41, 5.74) is 0.807. The second-order valence-electron chi connectivity index (χ2n) is 6.64. The van der Waals surface area contributed by atoms with Crippen LogP contribution in [-0.2, 0) is 9.53 Å². The monoisotopic (exact) mass is 387 g/mol. The lowest BCUT2D eigenvalue weighted by atomic mass is 10.3. The highest BCUT2D eigenvalue weighted by Gasteiger charge is 2.28. The summed E-state index contributed by atoms with van der Waals surface area (Å²) in [6.45, 7) is 4.43. The van der Waals surface area contributed by atoms with Gasteiger partial charge in [-0.05, 0) is 18.6 Å². The van der Waals surface area contributed by atoms with Gasteiger partial charge in [-0.1, -0.05) is 6.07 Å². The molecule has 9 heteroatoms. The van der Waals surface area contributed by atoms with Crippen molar-refractivity contribution >= 4 is 23.2 Å². The topological polar surface area (TPSA) is 96.2 Å². The Kier molecular flexibility index (Phi) is 6.25. The van der Waals surface area contributed by atoms with Crippen molar-refractivity contribution in [1.29, 1.82) is 0 Å². The fraction of sp³-hybridized carbons (Fsp3) is 0.474. The number of rotatable bonds is 6. The van der Waals surface area contributed by atoms with Gasteiger partial charge in [0.1, 0.15) is 0 Å². The molecule has 2 aromatic heterocycles. The zero-order valence-corrected chi connectivity index (χ0v) is 16.2. The first-order chi connectivity index (χ1) is 13.5. The van der Waals surface area contributed by atoms with Gasteiger partial charge in [-0.2, -0.15) is 0 Å². The number of pyridine rings is 1. The lowest BCUT2D eigenvalue weighted by molar-refractivity contribution is -0.130. The standard InChI is InChI=1S/C19H25N5O4/c1-14(25)22-9-11-23(12-10-22)19(27)17-21-16(15-6-3-4-8-24(15)17)18(26)20-7-5-13-28-2/h3-4,6,8H,5,7,9-13H2,1-2H3,(H,20,26). The Morgan fingerprint density at radius 2 is 1.86 bits per heavy atom. The summed E-state index contributed by atoms with van der Waals surface area (Å²) in [4.78, 5) is 44.8. The summed E-state index contributed by atoms with van der Waals surface area (Å²) >= 11 is 0. The minimum Gasteiger partial charge on any atom is -0.385 e. The maximum atomic E-state index is 13.0. The number of piperazine rings is 1. The Hall–Kier alpha value is -2.94. The van der Waals surface area contributed by atoms with Gasteiger partial charge < -0.3 is 19.9 Å². The van der Waals surface area contributed by atoms with Gasteiger partial charge in [-0.3, -0.25) is 18.8 Å². The van der Waals surface area contributed by atoms with Crippen LogP contribution in [0.4, 0.5) is 0 Å². The second-order valence-corrected chi connectivity index (χ2v) is 6.64. The number of aromatic nitrogens is 2. The number of carbonyl (C=O) groups excluding carboxylic acids is 3. The highest BCUT2D eigenvalue weighted by molar-refractivity contribution is 6.02. The van der Waals surface area contributed by atoms with E-state index in [1.54, 1.807) is 45.7 Å². The molecule has 1 aliphatic heterocycles. The molecule has 0 radical (unpaired) electrons. The van der Waals surface area contributed by atoms with E-state index in [0.717, 1.165) is 0 Å². The van der Waals surface area contributed by atoms with Gasteiger partial charge in [0.25, 0.3) is 11.8 Å². The second kappa shape index (κ2) is 8.83. The first-order valence-electron chi connectivity index (χ1n) is 9.32. The molecular weight excluding hydrogens is 362 g/mol. The average molecular weight is 387 g/mol. The molecule has 2 aromatic rings. The van der Waals surface area contributed by atoms with E-state index < -0.39 is 0 Å². The number of methoxy groups -OCH3 is 1. The number of nitrogens with zero attached hydrogens (tertiary/aromatic N) is 4. The Balaban J connectivity index is 1.79. The molecule has 150 valence electrons. The molecule has 0 aromatic carbocycles. The van der Waals surface area contributed by atoms with E-state index in [1.165, 1.54) is 6.92 Å². The highest BCUT2D eigenvalue weighted by atomic mass is 16.5. The van der Waals surface area contributed by atoms with Gasteiger partial charge in [0.15, 0.2) is 5.69 Å². The van der Waals surface area contributed by atoms with Crippen LogP contribution >= 0.6 is 0 Å². The third kappa shape index (κ3) is 4.14.